The smallest absolute Gasteiger partial charge is 0.0613 e. The van der Waals surface area contributed by atoms with Crippen molar-refractivity contribution in [2.45, 2.75) is 96.1 Å². The first kappa shape index (κ1) is 16.0. The summed E-state index contributed by atoms with van der Waals surface area (Å²) in [6.07, 6.45) is 14.5. The summed E-state index contributed by atoms with van der Waals surface area (Å²) in [7, 11) is 0. The van der Waals surface area contributed by atoms with Gasteiger partial charge in [0.05, 0.1) is 6.61 Å². The number of nitrogens with one attached hydrogen (secondary N) is 1. The first-order valence-corrected chi connectivity index (χ1v) is 8.07. The molecule has 2 heteroatoms. The average molecular weight is 255 g/mol. The van der Waals surface area contributed by atoms with Gasteiger partial charge in [-0.15, -0.1) is 0 Å². The molecule has 0 bridgehead atoms. The minimum absolute atomic E-state index is 0.00658. The Morgan fingerprint density at radius 2 is 1.22 bits per heavy atom. The lowest BCUT2D eigenvalue weighted by Crippen LogP contribution is -2.51. The molecule has 0 spiro atoms. The summed E-state index contributed by atoms with van der Waals surface area (Å²) in [4.78, 5) is 0. The van der Waals surface area contributed by atoms with Crippen molar-refractivity contribution < 1.29 is 5.11 Å². The van der Waals surface area contributed by atoms with Crippen LogP contribution >= 0.6 is 0 Å². The van der Waals surface area contributed by atoms with E-state index in [0.29, 0.717) is 12.6 Å². The number of aliphatic hydroxyl groups is 1. The summed E-state index contributed by atoms with van der Waals surface area (Å²) >= 11 is 0. The van der Waals surface area contributed by atoms with Crippen LogP contribution in [-0.4, -0.2) is 23.3 Å². The molecular formula is C16H33NO. The van der Waals surface area contributed by atoms with Gasteiger partial charge in [-0.1, -0.05) is 71.6 Å². The standard InChI is InChI=1S/C16H33NO/c1-15(2)17-16(14-18)12-10-8-6-4-3-5-7-9-11-13-16/h15,17-18H,3-14H2,1-2H3. The average Bonchev–Trinajstić information content (AvgIpc) is 2.32. The Kier molecular flexibility index (Phi) is 7.92. The van der Waals surface area contributed by atoms with Gasteiger partial charge in [0.2, 0.25) is 0 Å². The van der Waals surface area contributed by atoms with Crippen molar-refractivity contribution >= 4 is 0 Å². The van der Waals surface area contributed by atoms with Crippen molar-refractivity contribution in [3.8, 4) is 0 Å². The van der Waals surface area contributed by atoms with Crippen molar-refractivity contribution in [3.05, 3.63) is 0 Å². The quantitative estimate of drug-likeness (QED) is 0.798. The third-order valence-electron chi connectivity index (χ3n) is 4.21. The summed E-state index contributed by atoms with van der Waals surface area (Å²) in [5, 5.41) is 13.5. The maximum Gasteiger partial charge on any atom is 0.0613 e. The highest BCUT2D eigenvalue weighted by molar-refractivity contribution is 4.88. The lowest BCUT2D eigenvalue weighted by atomic mass is 9.85. The number of rotatable bonds is 3. The van der Waals surface area contributed by atoms with E-state index in [1.807, 2.05) is 0 Å². The van der Waals surface area contributed by atoms with E-state index in [1.54, 1.807) is 0 Å². The zero-order valence-electron chi connectivity index (χ0n) is 12.5. The maximum atomic E-state index is 9.83. The fourth-order valence-corrected chi connectivity index (χ4v) is 3.25. The zero-order chi connectivity index (χ0) is 13.3. The van der Waals surface area contributed by atoms with E-state index in [2.05, 4.69) is 19.2 Å². The fraction of sp³-hybridized carbons (Fsp3) is 1.00. The van der Waals surface area contributed by atoms with E-state index in [-0.39, 0.29) is 5.54 Å². The van der Waals surface area contributed by atoms with Crippen LogP contribution in [-0.2, 0) is 0 Å². The van der Waals surface area contributed by atoms with Gasteiger partial charge in [-0.05, 0) is 12.8 Å². The summed E-state index contributed by atoms with van der Waals surface area (Å²) in [5.74, 6) is 0. The van der Waals surface area contributed by atoms with E-state index in [0.717, 1.165) is 12.8 Å². The van der Waals surface area contributed by atoms with E-state index in [4.69, 9.17) is 0 Å². The first-order valence-electron chi connectivity index (χ1n) is 8.07. The van der Waals surface area contributed by atoms with Crippen LogP contribution in [0.15, 0.2) is 0 Å². The predicted octanol–water partition coefficient (Wildman–Crippen LogP) is 4.02. The molecule has 108 valence electrons. The summed E-state index contributed by atoms with van der Waals surface area (Å²) in [6.45, 7) is 4.67. The summed E-state index contributed by atoms with van der Waals surface area (Å²) in [5.41, 5.74) is -0.00658. The topological polar surface area (TPSA) is 32.3 Å². The van der Waals surface area contributed by atoms with Crippen LogP contribution in [0.25, 0.3) is 0 Å². The van der Waals surface area contributed by atoms with Crippen LogP contribution in [0, 0.1) is 0 Å². The number of aliphatic hydroxyl groups excluding tert-OH is 1. The second-order valence-electron chi connectivity index (χ2n) is 6.42. The second-order valence-corrected chi connectivity index (χ2v) is 6.42. The van der Waals surface area contributed by atoms with Crippen molar-refractivity contribution in [1.29, 1.82) is 0 Å². The van der Waals surface area contributed by atoms with Gasteiger partial charge in [0.15, 0.2) is 0 Å². The van der Waals surface area contributed by atoms with Gasteiger partial charge in [0, 0.05) is 11.6 Å². The molecule has 1 aliphatic carbocycles. The van der Waals surface area contributed by atoms with Crippen molar-refractivity contribution in [2.24, 2.45) is 0 Å². The van der Waals surface area contributed by atoms with E-state index in [1.165, 1.54) is 57.8 Å². The van der Waals surface area contributed by atoms with E-state index >= 15 is 0 Å². The Balaban J connectivity index is 2.52. The summed E-state index contributed by atoms with van der Waals surface area (Å²) < 4.78 is 0. The first-order chi connectivity index (χ1) is 8.68. The van der Waals surface area contributed by atoms with Gasteiger partial charge in [0.25, 0.3) is 0 Å². The SMILES string of the molecule is CC(C)NC1(CO)CCCCCCCCCCC1. The van der Waals surface area contributed by atoms with Crippen LogP contribution in [0.4, 0.5) is 0 Å². The van der Waals surface area contributed by atoms with Gasteiger partial charge in [-0.25, -0.2) is 0 Å². The Labute approximate surface area is 114 Å². The molecule has 0 amide bonds. The molecule has 0 aromatic rings. The number of hydrogen-bond donors (Lipinski definition) is 2. The highest BCUT2D eigenvalue weighted by Gasteiger charge is 2.28. The van der Waals surface area contributed by atoms with Crippen LogP contribution in [0.5, 0.6) is 0 Å². The molecule has 0 aromatic carbocycles. The van der Waals surface area contributed by atoms with Crippen LogP contribution in [0.1, 0.15) is 84.5 Å². The molecule has 0 radical (unpaired) electrons. The normalized spacial score (nSPS) is 23.3. The fourth-order valence-electron chi connectivity index (χ4n) is 3.25. The molecule has 1 rings (SSSR count). The van der Waals surface area contributed by atoms with Crippen molar-refractivity contribution in [3.63, 3.8) is 0 Å². The lowest BCUT2D eigenvalue weighted by Gasteiger charge is -2.36. The molecule has 0 atom stereocenters. The van der Waals surface area contributed by atoms with Crippen LogP contribution in [0.3, 0.4) is 0 Å². The Morgan fingerprint density at radius 3 is 1.56 bits per heavy atom. The molecule has 1 fully saturated rings. The van der Waals surface area contributed by atoms with E-state index < -0.39 is 0 Å². The second kappa shape index (κ2) is 8.92. The molecule has 18 heavy (non-hydrogen) atoms. The molecule has 2 N–H and O–H groups in total. The maximum absolute atomic E-state index is 9.83. The molecule has 0 aromatic heterocycles. The monoisotopic (exact) mass is 255 g/mol. The molecular weight excluding hydrogens is 222 g/mol. The summed E-state index contributed by atoms with van der Waals surface area (Å²) in [6, 6.07) is 0.463. The molecule has 1 saturated carbocycles. The van der Waals surface area contributed by atoms with Crippen molar-refractivity contribution in [2.75, 3.05) is 6.61 Å². The van der Waals surface area contributed by atoms with Gasteiger partial charge in [-0.2, -0.15) is 0 Å². The van der Waals surface area contributed by atoms with Crippen LogP contribution in [0.2, 0.25) is 0 Å². The minimum Gasteiger partial charge on any atom is -0.394 e. The van der Waals surface area contributed by atoms with Crippen molar-refractivity contribution in [1.82, 2.24) is 5.32 Å². The minimum atomic E-state index is -0.00658. The molecule has 1 aliphatic rings. The zero-order valence-corrected chi connectivity index (χ0v) is 12.5. The molecule has 0 aliphatic heterocycles. The predicted molar refractivity (Wildman–Crippen MR) is 78.9 cm³/mol. The molecule has 2 nitrogen and oxygen atoms in total. The van der Waals surface area contributed by atoms with Crippen LogP contribution < -0.4 is 5.32 Å². The Hall–Kier alpha value is -0.0800. The number of hydrogen-bond acceptors (Lipinski definition) is 2. The van der Waals surface area contributed by atoms with Gasteiger partial charge in [0.1, 0.15) is 0 Å². The lowest BCUT2D eigenvalue weighted by molar-refractivity contribution is 0.126. The van der Waals surface area contributed by atoms with Gasteiger partial charge >= 0.3 is 0 Å². The molecule has 0 heterocycles. The Bertz CT molecular complexity index is 191. The van der Waals surface area contributed by atoms with Gasteiger partial charge < -0.3 is 10.4 Å². The van der Waals surface area contributed by atoms with E-state index in [9.17, 15) is 5.11 Å². The third kappa shape index (κ3) is 6.19. The highest BCUT2D eigenvalue weighted by atomic mass is 16.3. The molecule has 0 saturated heterocycles. The third-order valence-corrected chi connectivity index (χ3v) is 4.21. The van der Waals surface area contributed by atoms with Gasteiger partial charge in [-0.3, -0.25) is 0 Å². The highest BCUT2D eigenvalue weighted by Crippen LogP contribution is 2.25. The largest absolute Gasteiger partial charge is 0.394 e. The molecule has 0 unspecified atom stereocenters. The Morgan fingerprint density at radius 1 is 0.833 bits per heavy atom.